The van der Waals surface area contributed by atoms with Gasteiger partial charge in [-0.3, -0.25) is 4.79 Å². The monoisotopic (exact) mass is 407 g/mol. The van der Waals surface area contributed by atoms with Crippen LogP contribution in [0.4, 0.5) is 0 Å². The Morgan fingerprint density at radius 2 is 1.71 bits per heavy atom. The molecule has 0 radical (unpaired) electrons. The number of hydrogen-bond donors (Lipinski definition) is 1. The number of hydrogen-bond acceptors (Lipinski definition) is 4. The Labute approximate surface area is 180 Å². The molecule has 1 fully saturated rings. The molecule has 1 N–H and O–H groups in total. The summed E-state index contributed by atoms with van der Waals surface area (Å²) in [5.74, 6) is 0.549. The second-order valence-electron chi connectivity index (χ2n) is 7.90. The molecule has 0 aliphatic carbocycles. The molecule has 1 aliphatic heterocycles. The largest absolute Gasteiger partial charge is 0.337 e. The van der Waals surface area contributed by atoms with Gasteiger partial charge in [0.2, 0.25) is 0 Å². The molecule has 0 atom stereocenters. The van der Waals surface area contributed by atoms with Crippen LogP contribution in [-0.2, 0) is 5.41 Å². The number of nitrogens with one attached hydrogen (secondary N) is 1. The zero-order chi connectivity index (χ0) is 21.3. The standard InChI is InChI=1S/C25H21N5O/c26-17-25(20-9-5-2-6-10-20)11-13-30(14-12-25)24(31)21-15-19-16-27-22(29-23(19)28-21)18-7-3-1-4-8-18/h1-10,15-16H,11-14H2,(H,27,28,29). The molecule has 31 heavy (non-hydrogen) atoms. The minimum Gasteiger partial charge on any atom is -0.337 e. The van der Waals surface area contributed by atoms with Crippen LogP contribution in [0.15, 0.2) is 72.9 Å². The minimum absolute atomic E-state index is 0.0705. The van der Waals surface area contributed by atoms with Crippen LogP contribution in [0.5, 0.6) is 0 Å². The number of benzene rings is 2. The van der Waals surface area contributed by atoms with Gasteiger partial charge in [0.15, 0.2) is 5.82 Å². The molecule has 1 saturated heterocycles. The highest BCUT2D eigenvalue weighted by molar-refractivity contribution is 5.97. The van der Waals surface area contributed by atoms with E-state index in [1.165, 1.54) is 0 Å². The van der Waals surface area contributed by atoms with Crippen LogP contribution < -0.4 is 0 Å². The van der Waals surface area contributed by atoms with Gasteiger partial charge >= 0.3 is 0 Å². The molecule has 0 saturated carbocycles. The lowest BCUT2D eigenvalue weighted by Crippen LogP contribution is -2.44. The quantitative estimate of drug-likeness (QED) is 0.548. The molecule has 0 bridgehead atoms. The number of carbonyl (C=O) groups excluding carboxylic acids is 1. The third-order valence-corrected chi connectivity index (χ3v) is 6.08. The zero-order valence-corrected chi connectivity index (χ0v) is 17.0. The molecule has 6 heteroatoms. The van der Waals surface area contributed by atoms with Crippen LogP contribution in [0.25, 0.3) is 22.4 Å². The van der Waals surface area contributed by atoms with Crippen molar-refractivity contribution < 1.29 is 4.79 Å². The molecule has 0 unspecified atom stereocenters. The topological polar surface area (TPSA) is 85.7 Å². The Bertz CT molecular complexity index is 1270. The lowest BCUT2D eigenvalue weighted by molar-refractivity contribution is 0.0687. The number of carbonyl (C=O) groups is 1. The van der Waals surface area contributed by atoms with E-state index < -0.39 is 5.41 Å². The first kappa shape index (κ1) is 19.0. The van der Waals surface area contributed by atoms with E-state index in [-0.39, 0.29) is 5.91 Å². The van der Waals surface area contributed by atoms with Gasteiger partial charge in [-0.15, -0.1) is 0 Å². The van der Waals surface area contributed by atoms with Crippen LogP contribution in [0.1, 0.15) is 28.9 Å². The Balaban J connectivity index is 1.36. The van der Waals surface area contributed by atoms with Crippen molar-refractivity contribution in [1.82, 2.24) is 19.9 Å². The maximum absolute atomic E-state index is 13.1. The van der Waals surface area contributed by atoms with Crippen LogP contribution in [0.2, 0.25) is 0 Å². The minimum atomic E-state index is -0.533. The number of amides is 1. The van der Waals surface area contributed by atoms with E-state index in [4.69, 9.17) is 0 Å². The molecule has 2 aromatic heterocycles. The molecule has 2 aromatic carbocycles. The van der Waals surface area contributed by atoms with E-state index in [1.54, 1.807) is 12.3 Å². The van der Waals surface area contributed by atoms with Crippen LogP contribution >= 0.6 is 0 Å². The molecule has 6 nitrogen and oxygen atoms in total. The predicted molar refractivity (Wildman–Crippen MR) is 118 cm³/mol. The van der Waals surface area contributed by atoms with Crippen LogP contribution in [0, 0.1) is 11.3 Å². The van der Waals surface area contributed by atoms with Gasteiger partial charge < -0.3 is 9.88 Å². The fraction of sp³-hybridized carbons (Fsp3) is 0.200. The molecule has 152 valence electrons. The molecule has 1 aliphatic rings. The SMILES string of the molecule is N#CC1(c2ccccc2)CCN(C(=O)c2cc3cnc(-c4ccccc4)nc3[nH]2)CC1. The van der Waals surface area contributed by atoms with Gasteiger partial charge in [0.05, 0.1) is 11.5 Å². The van der Waals surface area contributed by atoms with Crippen molar-refractivity contribution in [2.24, 2.45) is 0 Å². The maximum atomic E-state index is 13.1. The summed E-state index contributed by atoms with van der Waals surface area (Å²) >= 11 is 0. The van der Waals surface area contributed by atoms with Gasteiger partial charge in [-0.2, -0.15) is 5.26 Å². The summed E-state index contributed by atoms with van der Waals surface area (Å²) in [6, 6.07) is 23.9. The Hall–Kier alpha value is -3.98. The molecule has 3 heterocycles. The van der Waals surface area contributed by atoms with E-state index >= 15 is 0 Å². The fourth-order valence-corrected chi connectivity index (χ4v) is 4.24. The number of rotatable bonds is 3. The number of aromatic amines is 1. The molecule has 5 rings (SSSR count). The van der Waals surface area contributed by atoms with Crippen molar-refractivity contribution in [2.75, 3.05) is 13.1 Å². The Morgan fingerprint density at radius 1 is 1.03 bits per heavy atom. The number of H-pyrrole nitrogens is 1. The molecular formula is C25H21N5O. The van der Waals surface area contributed by atoms with E-state index in [9.17, 15) is 10.1 Å². The summed E-state index contributed by atoms with van der Waals surface area (Å²) < 4.78 is 0. The van der Waals surface area contributed by atoms with Crippen LogP contribution in [0.3, 0.4) is 0 Å². The third-order valence-electron chi connectivity index (χ3n) is 6.08. The summed E-state index contributed by atoms with van der Waals surface area (Å²) in [6.07, 6.45) is 2.99. The van der Waals surface area contributed by atoms with Crippen molar-refractivity contribution in [3.63, 3.8) is 0 Å². The highest BCUT2D eigenvalue weighted by Crippen LogP contribution is 2.35. The Kier molecular flexibility index (Phi) is 4.72. The summed E-state index contributed by atoms with van der Waals surface area (Å²) in [5, 5.41) is 10.7. The average Bonchev–Trinajstić information content (AvgIpc) is 3.28. The summed E-state index contributed by atoms with van der Waals surface area (Å²) in [6.45, 7) is 1.08. The van der Waals surface area contributed by atoms with Crippen molar-refractivity contribution in [2.45, 2.75) is 18.3 Å². The first-order valence-electron chi connectivity index (χ1n) is 10.4. The number of piperidine rings is 1. The normalized spacial score (nSPS) is 15.5. The van der Waals surface area contributed by atoms with E-state index in [2.05, 4.69) is 21.0 Å². The molecular weight excluding hydrogens is 386 g/mol. The summed E-state index contributed by atoms with van der Waals surface area (Å²) in [5.41, 5.74) is 2.56. The van der Waals surface area contributed by atoms with Crippen molar-refractivity contribution in [3.8, 4) is 17.5 Å². The lowest BCUT2D eigenvalue weighted by atomic mass is 9.74. The van der Waals surface area contributed by atoms with Crippen molar-refractivity contribution in [3.05, 3.63) is 84.2 Å². The fourth-order valence-electron chi connectivity index (χ4n) is 4.24. The Morgan fingerprint density at radius 3 is 2.39 bits per heavy atom. The van der Waals surface area contributed by atoms with Gasteiger partial charge in [-0.1, -0.05) is 60.7 Å². The lowest BCUT2D eigenvalue weighted by Gasteiger charge is -2.37. The number of aromatic nitrogens is 3. The number of nitriles is 1. The second kappa shape index (κ2) is 7.69. The predicted octanol–water partition coefficient (Wildman–Crippen LogP) is 4.32. The van der Waals surface area contributed by atoms with Gasteiger partial charge in [0, 0.05) is 30.2 Å². The van der Waals surface area contributed by atoms with Crippen molar-refractivity contribution in [1.29, 1.82) is 5.26 Å². The van der Waals surface area contributed by atoms with Crippen LogP contribution in [-0.4, -0.2) is 38.8 Å². The average molecular weight is 407 g/mol. The first-order valence-corrected chi connectivity index (χ1v) is 10.4. The smallest absolute Gasteiger partial charge is 0.270 e. The highest BCUT2D eigenvalue weighted by atomic mass is 16.2. The van der Waals surface area contributed by atoms with E-state index in [0.29, 0.717) is 43.1 Å². The van der Waals surface area contributed by atoms with Crippen molar-refractivity contribution >= 4 is 16.9 Å². The van der Waals surface area contributed by atoms with Gasteiger partial charge in [-0.05, 0) is 24.5 Å². The number of nitrogens with zero attached hydrogens (tertiary/aromatic N) is 4. The zero-order valence-electron chi connectivity index (χ0n) is 17.0. The number of fused-ring (bicyclic) bond motifs is 1. The number of likely N-dealkylation sites (tertiary alicyclic amines) is 1. The van der Waals surface area contributed by atoms with Gasteiger partial charge in [0.1, 0.15) is 11.3 Å². The maximum Gasteiger partial charge on any atom is 0.270 e. The van der Waals surface area contributed by atoms with E-state index in [1.807, 2.05) is 65.6 Å². The summed E-state index contributed by atoms with van der Waals surface area (Å²) in [7, 11) is 0. The summed E-state index contributed by atoms with van der Waals surface area (Å²) in [4.78, 5) is 27.1. The van der Waals surface area contributed by atoms with E-state index in [0.717, 1.165) is 16.5 Å². The molecule has 0 spiro atoms. The highest BCUT2D eigenvalue weighted by Gasteiger charge is 2.38. The first-order chi connectivity index (χ1) is 15.2. The second-order valence-corrected chi connectivity index (χ2v) is 7.90. The van der Waals surface area contributed by atoms with Gasteiger partial charge in [-0.25, -0.2) is 9.97 Å². The molecule has 1 amide bonds. The molecule has 4 aromatic rings. The van der Waals surface area contributed by atoms with Gasteiger partial charge in [0.25, 0.3) is 5.91 Å². The third kappa shape index (κ3) is 3.44.